The summed E-state index contributed by atoms with van der Waals surface area (Å²) in [6, 6.07) is 3.99. The van der Waals surface area contributed by atoms with Crippen molar-refractivity contribution in [3.05, 3.63) is 23.3 Å². The highest BCUT2D eigenvalue weighted by Crippen LogP contribution is 2.68. The van der Waals surface area contributed by atoms with Gasteiger partial charge in [-0.1, -0.05) is 32.1 Å². The average molecular weight is 499 g/mol. The lowest BCUT2D eigenvalue weighted by Crippen LogP contribution is -2.62. The number of nitrogens with zero attached hydrogens (tertiary/aromatic N) is 2. The summed E-state index contributed by atoms with van der Waals surface area (Å²) in [6.07, 6.45) is 9.65. The number of thiazole rings is 1. The summed E-state index contributed by atoms with van der Waals surface area (Å²) < 4.78 is 0. The molecule has 0 radical (unpaired) electrons. The van der Waals surface area contributed by atoms with E-state index in [9.17, 15) is 15.3 Å². The number of hydrogen-bond acceptors (Lipinski definition) is 6. The Labute approximate surface area is 213 Å². The normalized spacial score (nSPS) is 46.1. The van der Waals surface area contributed by atoms with E-state index in [2.05, 4.69) is 25.8 Å². The van der Waals surface area contributed by atoms with E-state index in [1.54, 1.807) is 11.3 Å². The van der Waals surface area contributed by atoms with Crippen LogP contribution in [0, 0.1) is 46.3 Å². The van der Waals surface area contributed by atoms with Crippen LogP contribution in [0.25, 0.3) is 10.3 Å². The molecule has 2 aromatic rings. The van der Waals surface area contributed by atoms with E-state index in [-0.39, 0.29) is 35.1 Å². The van der Waals surface area contributed by atoms with Gasteiger partial charge in [0.25, 0.3) is 0 Å². The summed E-state index contributed by atoms with van der Waals surface area (Å²) >= 11 is 1.71. The largest absolute Gasteiger partial charge is 0.393 e. The average Bonchev–Trinajstić information content (AvgIpc) is 3.41. The monoisotopic (exact) mass is 498 g/mol. The van der Waals surface area contributed by atoms with Gasteiger partial charge in [-0.05, 0) is 116 Å². The first kappa shape index (κ1) is 24.3. The lowest BCUT2D eigenvalue weighted by molar-refractivity contribution is -0.207. The SMILES string of the molecule is CC(CCc1nc2cccnc2s1)[C@H]1CC[C@H]2[C@@H]3[C@H](O)C[C@@H]4C[C@H](O)CC[C@]4(C)[C@H]3C[C@H](O)[C@]12C. The maximum Gasteiger partial charge on any atom is 0.143 e. The molecule has 4 saturated carbocycles. The van der Waals surface area contributed by atoms with Gasteiger partial charge in [0.05, 0.1) is 23.3 Å². The molecule has 0 aliphatic heterocycles. The number of pyridine rings is 1. The zero-order chi connectivity index (χ0) is 24.5. The van der Waals surface area contributed by atoms with Crippen molar-refractivity contribution in [3.63, 3.8) is 0 Å². The Morgan fingerprint density at radius 3 is 2.71 bits per heavy atom. The van der Waals surface area contributed by atoms with Gasteiger partial charge in [0.2, 0.25) is 0 Å². The Kier molecular flexibility index (Phi) is 6.07. The minimum Gasteiger partial charge on any atom is -0.393 e. The van der Waals surface area contributed by atoms with E-state index in [1.807, 2.05) is 18.3 Å². The molecule has 2 heterocycles. The van der Waals surface area contributed by atoms with Crippen molar-refractivity contribution in [3.8, 4) is 0 Å². The summed E-state index contributed by atoms with van der Waals surface area (Å²) in [7, 11) is 0. The molecule has 11 atom stereocenters. The van der Waals surface area contributed by atoms with E-state index >= 15 is 0 Å². The fourth-order valence-electron chi connectivity index (χ4n) is 9.61. The van der Waals surface area contributed by atoms with Gasteiger partial charge in [-0.25, -0.2) is 9.97 Å². The molecule has 0 saturated heterocycles. The molecule has 4 fully saturated rings. The quantitative estimate of drug-likeness (QED) is 0.538. The van der Waals surface area contributed by atoms with Gasteiger partial charge in [-0.2, -0.15) is 0 Å². The van der Waals surface area contributed by atoms with Crippen LogP contribution in [-0.2, 0) is 6.42 Å². The molecule has 0 amide bonds. The second kappa shape index (κ2) is 8.75. The van der Waals surface area contributed by atoms with Gasteiger partial charge in [-0.3, -0.25) is 0 Å². The Morgan fingerprint density at radius 2 is 1.91 bits per heavy atom. The van der Waals surface area contributed by atoms with Crippen LogP contribution in [0.1, 0.15) is 77.1 Å². The Bertz CT molecular complexity index is 1040. The molecular formula is C29H42N2O3S. The summed E-state index contributed by atoms with van der Waals surface area (Å²) in [5.41, 5.74) is 1.000. The van der Waals surface area contributed by atoms with E-state index in [4.69, 9.17) is 4.98 Å². The van der Waals surface area contributed by atoms with Crippen LogP contribution in [0.15, 0.2) is 18.3 Å². The fourth-order valence-corrected chi connectivity index (χ4v) is 10.5. The minimum absolute atomic E-state index is 0.131. The highest BCUT2D eigenvalue weighted by molar-refractivity contribution is 7.18. The van der Waals surface area contributed by atoms with Gasteiger partial charge in [0.15, 0.2) is 0 Å². The molecule has 0 bridgehead atoms. The van der Waals surface area contributed by atoms with Crippen LogP contribution < -0.4 is 0 Å². The standard InChI is InChI=1S/C29H42N2O3S/c1-16(6-9-25-31-22-5-4-12-30-27(22)35-25)19-7-8-20-26-21(15-24(34)29(19,20)3)28(2)11-10-18(32)13-17(28)14-23(26)33/h4-5,12,16-21,23-24,26,32-34H,6-11,13-15H2,1-3H3/t16?,17-,18+,19+,20-,21-,23+,24-,26-,28-,29+/m0/s1. The number of rotatable bonds is 4. The van der Waals surface area contributed by atoms with Crippen LogP contribution >= 0.6 is 11.3 Å². The molecular weight excluding hydrogens is 456 g/mol. The first-order chi connectivity index (χ1) is 16.7. The van der Waals surface area contributed by atoms with Gasteiger partial charge < -0.3 is 15.3 Å². The van der Waals surface area contributed by atoms with Crippen LogP contribution in [0.5, 0.6) is 0 Å². The Hall–Kier alpha value is -1.08. The molecule has 2 aromatic heterocycles. The van der Waals surface area contributed by atoms with Gasteiger partial charge in [-0.15, -0.1) is 0 Å². The molecule has 1 unspecified atom stereocenters. The number of fused-ring (bicyclic) bond motifs is 6. The second-order valence-electron chi connectivity index (χ2n) is 13.0. The molecule has 5 nitrogen and oxygen atoms in total. The first-order valence-corrected chi connectivity index (χ1v) is 14.8. The van der Waals surface area contributed by atoms with Crippen molar-refractivity contribution >= 4 is 21.7 Å². The van der Waals surface area contributed by atoms with E-state index < -0.39 is 0 Å². The molecule has 192 valence electrons. The Balaban J connectivity index is 1.21. The van der Waals surface area contributed by atoms with Crippen LogP contribution in [0.3, 0.4) is 0 Å². The van der Waals surface area contributed by atoms with Gasteiger partial charge in [0.1, 0.15) is 10.3 Å². The smallest absolute Gasteiger partial charge is 0.143 e. The molecule has 4 aliphatic carbocycles. The fraction of sp³-hybridized carbons (Fsp3) is 0.793. The molecule has 0 aromatic carbocycles. The third-order valence-electron chi connectivity index (χ3n) is 11.5. The Morgan fingerprint density at radius 1 is 1.09 bits per heavy atom. The molecule has 6 heteroatoms. The molecule has 4 aliphatic rings. The summed E-state index contributed by atoms with van der Waals surface area (Å²) in [6.45, 7) is 7.13. The lowest BCUT2D eigenvalue weighted by atomic mass is 9.43. The second-order valence-corrected chi connectivity index (χ2v) is 14.0. The predicted molar refractivity (Wildman–Crippen MR) is 139 cm³/mol. The van der Waals surface area contributed by atoms with E-state index in [1.165, 1.54) is 0 Å². The van der Waals surface area contributed by atoms with Crippen molar-refractivity contribution < 1.29 is 15.3 Å². The van der Waals surface area contributed by atoms with Crippen molar-refractivity contribution in [2.75, 3.05) is 0 Å². The number of aliphatic hydroxyl groups excluding tert-OH is 3. The summed E-state index contributed by atoms with van der Waals surface area (Å²) in [4.78, 5) is 10.3. The topological polar surface area (TPSA) is 86.5 Å². The van der Waals surface area contributed by atoms with Crippen LogP contribution in [0.2, 0.25) is 0 Å². The van der Waals surface area contributed by atoms with Gasteiger partial charge >= 0.3 is 0 Å². The van der Waals surface area contributed by atoms with Crippen molar-refractivity contribution in [1.29, 1.82) is 0 Å². The van der Waals surface area contributed by atoms with E-state index in [0.717, 1.165) is 73.1 Å². The number of aliphatic hydroxyl groups is 3. The van der Waals surface area contributed by atoms with Crippen LogP contribution in [-0.4, -0.2) is 43.6 Å². The number of aromatic nitrogens is 2. The molecule has 3 N–H and O–H groups in total. The third-order valence-corrected chi connectivity index (χ3v) is 12.6. The van der Waals surface area contributed by atoms with Crippen molar-refractivity contribution in [2.24, 2.45) is 46.3 Å². The van der Waals surface area contributed by atoms with Crippen LogP contribution in [0.4, 0.5) is 0 Å². The zero-order valence-electron chi connectivity index (χ0n) is 21.4. The van der Waals surface area contributed by atoms with Gasteiger partial charge in [0, 0.05) is 6.20 Å². The predicted octanol–water partition coefficient (Wildman–Crippen LogP) is 5.22. The molecule has 0 spiro atoms. The summed E-state index contributed by atoms with van der Waals surface area (Å²) in [5, 5.41) is 34.7. The van der Waals surface area contributed by atoms with Crippen molar-refractivity contribution in [2.45, 2.75) is 96.9 Å². The highest BCUT2D eigenvalue weighted by Gasteiger charge is 2.65. The summed E-state index contributed by atoms with van der Waals surface area (Å²) in [5.74, 6) is 2.38. The first-order valence-electron chi connectivity index (χ1n) is 14.0. The molecule has 6 rings (SSSR count). The highest BCUT2D eigenvalue weighted by atomic mass is 32.1. The molecule has 35 heavy (non-hydrogen) atoms. The number of aryl methyl sites for hydroxylation is 1. The maximum absolute atomic E-state index is 11.8. The van der Waals surface area contributed by atoms with E-state index in [0.29, 0.717) is 29.6 Å². The number of hydrogen-bond donors (Lipinski definition) is 3. The van der Waals surface area contributed by atoms with Crippen molar-refractivity contribution in [1.82, 2.24) is 9.97 Å². The minimum atomic E-state index is -0.315. The zero-order valence-corrected chi connectivity index (χ0v) is 22.3. The maximum atomic E-state index is 11.8. The lowest BCUT2D eigenvalue weighted by Gasteiger charge is -2.63. The third kappa shape index (κ3) is 3.72.